The van der Waals surface area contributed by atoms with Gasteiger partial charge in [-0.15, -0.1) is 0 Å². The first-order valence-electron chi connectivity index (χ1n) is 26.0. The lowest BCUT2D eigenvalue weighted by molar-refractivity contribution is -0.163. The van der Waals surface area contributed by atoms with Crippen molar-refractivity contribution in [2.75, 3.05) is 19.8 Å². The quantitative estimate of drug-likeness (QED) is 0.0346. The maximum atomic E-state index is 12.8. The summed E-state index contributed by atoms with van der Waals surface area (Å²) in [7, 11) is 0. The van der Waals surface area contributed by atoms with Gasteiger partial charge in [0.1, 0.15) is 6.61 Å². The molecule has 368 valence electrons. The summed E-state index contributed by atoms with van der Waals surface area (Å²) in [5.74, 6) is -0.529. The van der Waals surface area contributed by atoms with Crippen LogP contribution in [-0.4, -0.2) is 37.9 Å². The van der Waals surface area contributed by atoms with Gasteiger partial charge < -0.3 is 14.2 Å². The molecule has 0 radical (unpaired) electrons. The predicted molar refractivity (Wildman–Crippen MR) is 288 cm³/mol. The Morgan fingerprint density at radius 3 is 1.05 bits per heavy atom. The average Bonchev–Trinajstić information content (AvgIpc) is 3.32. The molecule has 0 aliphatic carbocycles. The fraction of sp³-hybridized carbons (Fsp3) is 0.541. The molecule has 0 amide bonds. The van der Waals surface area contributed by atoms with Crippen LogP contribution < -0.4 is 0 Å². The van der Waals surface area contributed by atoms with Gasteiger partial charge in [0, 0.05) is 19.4 Å². The Morgan fingerprint density at radius 2 is 0.652 bits per heavy atom. The number of carbonyl (C=O) groups excluding carboxylic acids is 2. The lowest BCUT2D eigenvalue weighted by Crippen LogP contribution is -2.30. The highest BCUT2D eigenvalue weighted by atomic mass is 16.6. The van der Waals surface area contributed by atoms with Crippen molar-refractivity contribution in [2.45, 2.75) is 194 Å². The summed E-state index contributed by atoms with van der Waals surface area (Å²) in [5.41, 5.74) is 0. The van der Waals surface area contributed by atoms with Crippen LogP contribution in [0.3, 0.4) is 0 Å². The highest BCUT2D eigenvalue weighted by molar-refractivity contribution is 5.70. The van der Waals surface area contributed by atoms with Gasteiger partial charge in [-0.3, -0.25) is 9.59 Å². The van der Waals surface area contributed by atoms with Gasteiger partial charge in [0.25, 0.3) is 0 Å². The molecule has 0 fully saturated rings. The van der Waals surface area contributed by atoms with Crippen LogP contribution in [0.25, 0.3) is 0 Å². The molecule has 0 saturated carbocycles. The minimum atomic E-state index is -0.601. The Hall–Kier alpha value is -4.48. The second kappa shape index (κ2) is 54.9. The lowest BCUT2D eigenvalue weighted by Gasteiger charge is -2.18. The number of ether oxygens (including phenoxy) is 3. The van der Waals surface area contributed by atoms with E-state index in [1.165, 1.54) is 0 Å². The van der Waals surface area contributed by atoms with Crippen LogP contribution >= 0.6 is 0 Å². The molecule has 0 spiro atoms. The van der Waals surface area contributed by atoms with Crippen molar-refractivity contribution >= 4 is 11.9 Å². The summed E-state index contributed by atoms with van der Waals surface area (Å²) < 4.78 is 17.3. The molecule has 0 N–H and O–H groups in total. The third kappa shape index (κ3) is 52.1. The number of carbonyl (C=O) groups is 2. The third-order valence-corrected chi connectivity index (χ3v) is 10.0. The van der Waals surface area contributed by atoms with Crippen molar-refractivity contribution in [3.63, 3.8) is 0 Å². The van der Waals surface area contributed by atoms with Gasteiger partial charge in [0.15, 0.2) is 6.10 Å². The largest absolute Gasteiger partial charge is 0.462 e. The zero-order valence-corrected chi connectivity index (χ0v) is 42.1. The van der Waals surface area contributed by atoms with Crippen LogP contribution in [0.15, 0.2) is 158 Å². The van der Waals surface area contributed by atoms with Crippen molar-refractivity contribution in [1.82, 2.24) is 0 Å². The first kappa shape index (κ1) is 61.5. The zero-order valence-electron chi connectivity index (χ0n) is 42.1. The maximum absolute atomic E-state index is 12.8. The highest BCUT2D eigenvalue weighted by Gasteiger charge is 2.17. The van der Waals surface area contributed by atoms with E-state index in [2.05, 4.69) is 179 Å². The number of hydrogen-bond acceptors (Lipinski definition) is 5. The molecule has 0 bridgehead atoms. The van der Waals surface area contributed by atoms with Gasteiger partial charge in [-0.2, -0.15) is 0 Å². The fourth-order valence-corrected chi connectivity index (χ4v) is 6.29. The van der Waals surface area contributed by atoms with Crippen LogP contribution in [0.5, 0.6) is 0 Å². The topological polar surface area (TPSA) is 61.8 Å². The first-order valence-corrected chi connectivity index (χ1v) is 26.0. The standard InChI is InChI=1S/C61H94O5/c1-4-7-10-13-16-19-22-25-27-29-30-31-33-35-38-41-44-47-50-53-56-64-57-59(66-61(63)55-52-49-46-43-40-36-24-21-18-15-12-9-6-3)58-65-60(62)54-51-48-45-42-39-37-34-32-28-26-23-20-17-14-11-8-5-2/h7-12,16-21,25-28,30-31,34-38,40,42,45,59H,4-6,13-15,22-24,29,32-33,39,41,43-44,46-58H2,1-3H3/b10-7-,11-8-,12-9-,19-16-,20-17-,21-18-,27-25-,28-26-,31-30-,37-34-,38-35-,40-36-,45-42-. The van der Waals surface area contributed by atoms with E-state index in [9.17, 15) is 9.59 Å². The monoisotopic (exact) mass is 907 g/mol. The molecule has 0 heterocycles. The van der Waals surface area contributed by atoms with E-state index >= 15 is 0 Å². The van der Waals surface area contributed by atoms with E-state index < -0.39 is 6.10 Å². The molecule has 0 aromatic rings. The normalized spacial score (nSPS) is 13.6. The smallest absolute Gasteiger partial charge is 0.306 e. The lowest BCUT2D eigenvalue weighted by atomic mass is 10.1. The van der Waals surface area contributed by atoms with Crippen molar-refractivity contribution < 1.29 is 23.8 Å². The predicted octanol–water partition coefficient (Wildman–Crippen LogP) is 17.9. The molecule has 5 heteroatoms. The number of unbranched alkanes of at least 4 members (excludes halogenated alkanes) is 8. The van der Waals surface area contributed by atoms with Gasteiger partial charge in [-0.05, 0) is 135 Å². The van der Waals surface area contributed by atoms with Crippen molar-refractivity contribution in [1.29, 1.82) is 0 Å². The fourth-order valence-electron chi connectivity index (χ4n) is 6.29. The van der Waals surface area contributed by atoms with Crippen molar-refractivity contribution in [2.24, 2.45) is 0 Å². The van der Waals surface area contributed by atoms with Crippen molar-refractivity contribution in [3.8, 4) is 0 Å². The molecular formula is C61H94O5. The SMILES string of the molecule is CC/C=C\C/C=C\C/C=C\C/C=C\C/C=C\CCCCCCOCC(COC(=O)CCC/C=C\C/C=C\C/C=C\C/C=C\C/C=C\CC)OC(=O)CCCCC/C=C\C/C=C\C/C=C\CC. The van der Waals surface area contributed by atoms with E-state index in [-0.39, 0.29) is 25.2 Å². The molecule has 66 heavy (non-hydrogen) atoms. The number of hydrogen-bond donors (Lipinski definition) is 0. The Bertz CT molecular complexity index is 1490. The van der Waals surface area contributed by atoms with Gasteiger partial charge in [-0.25, -0.2) is 0 Å². The summed E-state index contributed by atoms with van der Waals surface area (Å²) >= 11 is 0. The minimum Gasteiger partial charge on any atom is -0.462 e. The first-order chi connectivity index (χ1) is 32.6. The summed E-state index contributed by atoms with van der Waals surface area (Å²) in [6.07, 6.45) is 81.2. The molecule has 0 aliphatic heterocycles. The van der Waals surface area contributed by atoms with E-state index in [0.29, 0.717) is 25.9 Å². The van der Waals surface area contributed by atoms with Gasteiger partial charge in [0.2, 0.25) is 0 Å². The zero-order chi connectivity index (χ0) is 47.7. The molecule has 5 nitrogen and oxygen atoms in total. The van der Waals surface area contributed by atoms with Crippen LogP contribution in [0.1, 0.15) is 188 Å². The second-order valence-electron chi connectivity index (χ2n) is 16.3. The maximum Gasteiger partial charge on any atom is 0.306 e. The second-order valence-corrected chi connectivity index (χ2v) is 16.3. The van der Waals surface area contributed by atoms with Gasteiger partial charge >= 0.3 is 11.9 Å². The Labute approximate surface area is 405 Å². The Kier molecular flexibility index (Phi) is 51.1. The summed E-state index contributed by atoms with van der Waals surface area (Å²) in [5, 5.41) is 0. The molecule has 1 unspecified atom stereocenters. The Morgan fingerprint density at radius 1 is 0.333 bits per heavy atom. The molecular weight excluding hydrogens is 813 g/mol. The molecule has 0 rings (SSSR count). The minimum absolute atomic E-state index is 0.0215. The van der Waals surface area contributed by atoms with E-state index in [1.54, 1.807) is 0 Å². The molecule has 0 aliphatic rings. The van der Waals surface area contributed by atoms with Crippen LogP contribution in [-0.2, 0) is 23.8 Å². The molecule has 1 atom stereocenters. The van der Waals surface area contributed by atoms with E-state index in [1.807, 2.05) is 0 Å². The number of allylic oxidation sites excluding steroid dienone is 26. The highest BCUT2D eigenvalue weighted by Crippen LogP contribution is 2.10. The van der Waals surface area contributed by atoms with E-state index in [4.69, 9.17) is 14.2 Å². The average molecular weight is 907 g/mol. The molecule has 0 aromatic heterocycles. The third-order valence-electron chi connectivity index (χ3n) is 10.0. The molecule has 0 saturated heterocycles. The van der Waals surface area contributed by atoms with Crippen LogP contribution in [0.2, 0.25) is 0 Å². The van der Waals surface area contributed by atoms with Crippen LogP contribution in [0.4, 0.5) is 0 Å². The molecule has 0 aromatic carbocycles. The number of rotatable bonds is 45. The summed E-state index contributed by atoms with van der Waals surface area (Å²) in [6.45, 7) is 7.30. The Balaban J connectivity index is 4.48. The van der Waals surface area contributed by atoms with Crippen LogP contribution in [0, 0.1) is 0 Å². The van der Waals surface area contributed by atoms with Gasteiger partial charge in [-0.1, -0.05) is 198 Å². The number of esters is 2. The summed E-state index contributed by atoms with van der Waals surface area (Å²) in [6, 6.07) is 0. The van der Waals surface area contributed by atoms with Gasteiger partial charge in [0.05, 0.1) is 6.61 Å². The summed E-state index contributed by atoms with van der Waals surface area (Å²) in [4.78, 5) is 25.4. The van der Waals surface area contributed by atoms with E-state index in [0.717, 1.165) is 148 Å². The van der Waals surface area contributed by atoms with Crippen molar-refractivity contribution in [3.05, 3.63) is 158 Å².